The third kappa shape index (κ3) is 4.15. The molecule has 132 valence electrons. The first-order chi connectivity index (χ1) is 11.0. The summed E-state index contributed by atoms with van der Waals surface area (Å²) >= 11 is 0. The highest BCUT2D eigenvalue weighted by Gasteiger charge is 2.38. The molecular weight excluding hydrogens is 304 g/mol. The number of piperazine rings is 1. The first-order valence-corrected chi connectivity index (χ1v) is 8.37. The first-order valence-electron chi connectivity index (χ1n) is 8.37. The van der Waals surface area contributed by atoms with Gasteiger partial charge in [0.2, 0.25) is 5.91 Å². The van der Waals surface area contributed by atoms with Gasteiger partial charge in [0, 0.05) is 37.1 Å². The van der Waals surface area contributed by atoms with Gasteiger partial charge in [0.1, 0.15) is 0 Å². The summed E-state index contributed by atoms with van der Waals surface area (Å²) in [4.78, 5) is 27.8. The van der Waals surface area contributed by atoms with Gasteiger partial charge in [-0.2, -0.15) is 0 Å². The van der Waals surface area contributed by atoms with E-state index in [0.29, 0.717) is 12.1 Å². The van der Waals surface area contributed by atoms with Gasteiger partial charge in [-0.15, -0.1) is 0 Å². The fourth-order valence-electron chi connectivity index (χ4n) is 3.10. The molecule has 0 aliphatic carbocycles. The molecule has 5 heteroatoms. The quantitative estimate of drug-likeness (QED) is 0.924. The van der Waals surface area contributed by atoms with Crippen molar-refractivity contribution in [2.45, 2.75) is 46.7 Å². The van der Waals surface area contributed by atoms with Crippen molar-refractivity contribution in [1.82, 2.24) is 9.80 Å². The van der Waals surface area contributed by atoms with Crippen LogP contribution in [-0.4, -0.2) is 52.0 Å². The second kappa shape index (κ2) is 6.55. The molecule has 1 aromatic rings. The van der Waals surface area contributed by atoms with E-state index >= 15 is 0 Å². The van der Waals surface area contributed by atoms with E-state index in [9.17, 15) is 9.59 Å². The number of aromatic carboxylic acids is 1. The number of benzene rings is 1. The van der Waals surface area contributed by atoms with Gasteiger partial charge in [0.05, 0.1) is 5.56 Å². The van der Waals surface area contributed by atoms with Crippen molar-refractivity contribution in [2.75, 3.05) is 19.6 Å². The minimum absolute atomic E-state index is 0.120. The molecule has 0 spiro atoms. The van der Waals surface area contributed by atoms with Crippen molar-refractivity contribution >= 4 is 11.9 Å². The van der Waals surface area contributed by atoms with E-state index in [1.54, 1.807) is 12.1 Å². The number of carboxylic acid groups (broad SMARTS) is 1. The van der Waals surface area contributed by atoms with Crippen molar-refractivity contribution in [3.63, 3.8) is 0 Å². The Hall–Kier alpha value is -1.88. The largest absolute Gasteiger partial charge is 0.478 e. The molecular formula is C19H28N2O3. The summed E-state index contributed by atoms with van der Waals surface area (Å²) in [6, 6.07) is 7.02. The molecule has 2 rings (SSSR count). The van der Waals surface area contributed by atoms with Crippen molar-refractivity contribution in [3.05, 3.63) is 35.4 Å². The Kier molecular flexibility index (Phi) is 5.04. The molecule has 1 aliphatic heterocycles. The number of carbonyl (C=O) groups is 2. The van der Waals surface area contributed by atoms with E-state index in [1.165, 1.54) is 0 Å². The molecule has 0 bridgehead atoms. The standard InChI is InChI=1S/C19H28N2O3/c1-18(2,3)17(24)20-10-11-21(19(4,5)13-20)12-14-6-8-15(9-7-14)16(22)23/h6-9H,10-13H2,1-5H3,(H,22,23). The van der Waals surface area contributed by atoms with E-state index < -0.39 is 5.97 Å². The minimum atomic E-state index is -0.906. The lowest BCUT2D eigenvalue weighted by molar-refractivity contribution is -0.144. The lowest BCUT2D eigenvalue weighted by Gasteiger charge is -2.48. The fourth-order valence-corrected chi connectivity index (χ4v) is 3.10. The summed E-state index contributed by atoms with van der Waals surface area (Å²) in [6.07, 6.45) is 0. The van der Waals surface area contributed by atoms with Crippen molar-refractivity contribution < 1.29 is 14.7 Å². The highest BCUT2D eigenvalue weighted by molar-refractivity contribution is 5.87. The first kappa shape index (κ1) is 18.5. The van der Waals surface area contributed by atoms with E-state index in [-0.39, 0.29) is 16.9 Å². The lowest BCUT2D eigenvalue weighted by atomic mass is 9.91. The molecule has 0 radical (unpaired) electrons. The maximum atomic E-state index is 12.5. The number of amides is 1. The molecule has 1 aliphatic rings. The summed E-state index contributed by atoms with van der Waals surface area (Å²) in [5, 5.41) is 8.98. The molecule has 0 unspecified atom stereocenters. The highest BCUT2D eigenvalue weighted by atomic mass is 16.4. The van der Waals surface area contributed by atoms with Crippen LogP contribution in [0.15, 0.2) is 24.3 Å². The third-order valence-corrected chi connectivity index (χ3v) is 4.58. The Morgan fingerprint density at radius 1 is 1.12 bits per heavy atom. The van der Waals surface area contributed by atoms with Crippen LogP contribution in [0.5, 0.6) is 0 Å². The maximum Gasteiger partial charge on any atom is 0.335 e. The average Bonchev–Trinajstić information content (AvgIpc) is 2.47. The molecule has 0 atom stereocenters. The van der Waals surface area contributed by atoms with Crippen LogP contribution in [0.1, 0.15) is 50.5 Å². The van der Waals surface area contributed by atoms with Gasteiger partial charge >= 0.3 is 5.97 Å². The minimum Gasteiger partial charge on any atom is -0.478 e. The third-order valence-electron chi connectivity index (χ3n) is 4.58. The summed E-state index contributed by atoms with van der Waals surface area (Å²) in [5.41, 5.74) is 0.914. The van der Waals surface area contributed by atoms with Gasteiger partial charge < -0.3 is 10.0 Å². The van der Waals surface area contributed by atoms with E-state index in [4.69, 9.17) is 5.11 Å². The fraction of sp³-hybridized carbons (Fsp3) is 0.579. The van der Waals surface area contributed by atoms with Crippen LogP contribution >= 0.6 is 0 Å². The van der Waals surface area contributed by atoms with Crippen LogP contribution in [0.4, 0.5) is 0 Å². The van der Waals surface area contributed by atoms with Gasteiger partial charge in [-0.1, -0.05) is 32.9 Å². The lowest BCUT2D eigenvalue weighted by Crippen LogP contribution is -2.61. The number of carboxylic acids is 1. The van der Waals surface area contributed by atoms with E-state index in [2.05, 4.69) is 18.7 Å². The zero-order chi connectivity index (χ0) is 18.1. The van der Waals surface area contributed by atoms with Crippen LogP contribution in [0.25, 0.3) is 0 Å². The molecule has 0 aromatic heterocycles. The van der Waals surface area contributed by atoms with E-state index in [1.807, 2.05) is 37.8 Å². The molecule has 1 heterocycles. The molecule has 5 nitrogen and oxygen atoms in total. The SMILES string of the molecule is CC(C)(C)C(=O)N1CCN(Cc2ccc(C(=O)O)cc2)C(C)(C)C1. The number of hydrogen-bond donors (Lipinski definition) is 1. The number of nitrogens with zero attached hydrogens (tertiary/aromatic N) is 2. The summed E-state index contributed by atoms with van der Waals surface area (Å²) in [7, 11) is 0. The predicted molar refractivity (Wildman–Crippen MR) is 93.9 cm³/mol. The van der Waals surface area contributed by atoms with Gasteiger partial charge in [-0.25, -0.2) is 4.79 Å². The summed E-state index contributed by atoms with van der Waals surface area (Å²) in [6.45, 7) is 13.2. The van der Waals surface area contributed by atoms with Crippen LogP contribution in [-0.2, 0) is 11.3 Å². The Bertz CT molecular complexity index is 614. The Balaban J connectivity index is 2.05. The van der Waals surface area contributed by atoms with Crippen molar-refractivity contribution in [3.8, 4) is 0 Å². The van der Waals surface area contributed by atoms with Crippen LogP contribution in [0.2, 0.25) is 0 Å². The maximum absolute atomic E-state index is 12.5. The van der Waals surface area contributed by atoms with Crippen LogP contribution < -0.4 is 0 Å². The Morgan fingerprint density at radius 2 is 1.71 bits per heavy atom. The molecule has 1 N–H and O–H groups in total. The molecule has 0 saturated carbocycles. The van der Waals surface area contributed by atoms with Crippen molar-refractivity contribution in [2.24, 2.45) is 5.41 Å². The van der Waals surface area contributed by atoms with Crippen LogP contribution in [0.3, 0.4) is 0 Å². The smallest absolute Gasteiger partial charge is 0.335 e. The average molecular weight is 332 g/mol. The molecule has 1 amide bonds. The van der Waals surface area contributed by atoms with Crippen molar-refractivity contribution in [1.29, 1.82) is 0 Å². The number of hydrogen-bond acceptors (Lipinski definition) is 3. The second-order valence-electron chi connectivity index (χ2n) is 8.21. The second-order valence-corrected chi connectivity index (χ2v) is 8.21. The number of carbonyl (C=O) groups excluding carboxylic acids is 1. The molecule has 1 saturated heterocycles. The monoisotopic (exact) mass is 332 g/mol. The van der Waals surface area contributed by atoms with Gasteiger partial charge in [-0.3, -0.25) is 9.69 Å². The zero-order valence-corrected chi connectivity index (χ0v) is 15.3. The predicted octanol–water partition coefficient (Wildman–Crippen LogP) is 2.85. The van der Waals surface area contributed by atoms with Gasteiger partial charge in [0.15, 0.2) is 0 Å². The van der Waals surface area contributed by atoms with E-state index in [0.717, 1.165) is 25.2 Å². The highest BCUT2D eigenvalue weighted by Crippen LogP contribution is 2.27. The zero-order valence-electron chi connectivity index (χ0n) is 15.3. The summed E-state index contributed by atoms with van der Waals surface area (Å²) < 4.78 is 0. The normalized spacial score (nSPS) is 18.5. The van der Waals surface area contributed by atoms with Crippen LogP contribution in [0, 0.1) is 5.41 Å². The number of rotatable bonds is 3. The molecule has 1 fully saturated rings. The topological polar surface area (TPSA) is 60.9 Å². The summed E-state index contributed by atoms with van der Waals surface area (Å²) in [5.74, 6) is -0.711. The molecule has 1 aromatic carbocycles. The molecule has 24 heavy (non-hydrogen) atoms. The van der Waals surface area contributed by atoms with Gasteiger partial charge in [0.25, 0.3) is 0 Å². The Labute approximate surface area is 144 Å². The Morgan fingerprint density at radius 3 is 2.17 bits per heavy atom. The van der Waals surface area contributed by atoms with Gasteiger partial charge in [-0.05, 0) is 31.5 Å².